The van der Waals surface area contributed by atoms with Crippen molar-refractivity contribution in [2.75, 3.05) is 44.2 Å². The molecule has 4 rings (SSSR count). The Morgan fingerprint density at radius 3 is 2.61 bits per heavy atom. The predicted octanol–water partition coefficient (Wildman–Crippen LogP) is 2.98. The van der Waals surface area contributed by atoms with Gasteiger partial charge >= 0.3 is 0 Å². The van der Waals surface area contributed by atoms with Crippen LogP contribution >= 0.6 is 0 Å². The van der Waals surface area contributed by atoms with E-state index in [-0.39, 0.29) is 6.61 Å². The number of hydrogen-bond acceptors (Lipinski definition) is 5. The first-order valence-corrected chi connectivity index (χ1v) is 10.9. The van der Waals surface area contributed by atoms with Crippen LogP contribution in [0.1, 0.15) is 33.1 Å². The van der Waals surface area contributed by atoms with E-state index in [4.69, 9.17) is 0 Å². The summed E-state index contributed by atoms with van der Waals surface area (Å²) in [4.78, 5) is 12.3. The van der Waals surface area contributed by atoms with E-state index in [0.29, 0.717) is 18.1 Å². The quantitative estimate of drug-likeness (QED) is 0.861. The zero-order valence-electron chi connectivity index (χ0n) is 17.3. The lowest BCUT2D eigenvalue weighted by molar-refractivity contribution is 0.0464. The number of anilines is 1. The summed E-state index contributed by atoms with van der Waals surface area (Å²) >= 11 is 0. The van der Waals surface area contributed by atoms with E-state index in [1.54, 1.807) is 0 Å². The number of aliphatic hydroxyl groups excluding tert-OH is 1. The Hall–Kier alpha value is -1.69. The van der Waals surface area contributed by atoms with Crippen molar-refractivity contribution in [1.29, 1.82) is 0 Å². The van der Waals surface area contributed by atoms with Gasteiger partial charge in [-0.15, -0.1) is 0 Å². The van der Waals surface area contributed by atoms with Crippen molar-refractivity contribution in [2.24, 2.45) is 0 Å². The zero-order valence-corrected chi connectivity index (χ0v) is 17.3. The Morgan fingerprint density at radius 1 is 1.07 bits per heavy atom. The SMILES string of the molecule is CC(C)N1CCC(N2CCN(c3ccnc4ccccc34)C[C@@H]2CCO)CC1. The van der Waals surface area contributed by atoms with Gasteiger partial charge < -0.3 is 14.9 Å². The molecule has 2 aliphatic rings. The van der Waals surface area contributed by atoms with Gasteiger partial charge in [0.15, 0.2) is 0 Å². The summed E-state index contributed by atoms with van der Waals surface area (Å²) in [6, 6.07) is 12.3. The van der Waals surface area contributed by atoms with Crippen LogP contribution in [0.25, 0.3) is 10.9 Å². The van der Waals surface area contributed by atoms with E-state index in [1.165, 1.54) is 37.0 Å². The van der Waals surface area contributed by atoms with Gasteiger partial charge in [0, 0.05) is 61.6 Å². The normalized spacial score (nSPS) is 23.0. The molecular formula is C23H34N4O. The molecule has 0 unspecified atom stereocenters. The monoisotopic (exact) mass is 382 g/mol. The predicted molar refractivity (Wildman–Crippen MR) is 116 cm³/mol. The summed E-state index contributed by atoms with van der Waals surface area (Å²) in [5.74, 6) is 0. The molecule has 1 atom stereocenters. The summed E-state index contributed by atoms with van der Waals surface area (Å²) in [6.45, 7) is 10.4. The van der Waals surface area contributed by atoms with E-state index in [2.05, 4.69) is 63.9 Å². The number of hydrogen-bond donors (Lipinski definition) is 1. The van der Waals surface area contributed by atoms with Crippen molar-refractivity contribution in [3.63, 3.8) is 0 Å². The first-order chi connectivity index (χ1) is 13.7. The smallest absolute Gasteiger partial charge is 0.0722 e. The first-order valence-electron chi connectivity index (χ1n) is 10.9. The molecule has 152 valence electrons. The minimum atomic E-state index is 0.261. The molecule has 0 amide bonds. The second-order valence-electron chi connectivity index (χ2n) is 8.56. The molecule has 2 aliphatic heterocycles. The van der Waals surface area contributed by atoms with Gasteiger partial charge in [0.05, 0.1) is 5.52 Å². The average Bonchev–Trinajstić information content (AvgIpc) is 2.73. The highest BCUT2D eigenvalue weighted by molar-refractivity contribution is 5.91. The fraction of sp³-hybridized carbons (Fsp3) is 0.609. The largest absolute Gasteiger partial charge is 0.396 e. The molecule has 0 bridgehead atoms. The van der Waals surface area contributed by atoms with Crippen molar-refractivity contribution in [3.8, 4) is 0 Å². The first kappa shape index (κ1) is 19.6. The van der Waals surface area contributed by atoms with Gasteiger partial charge in [-0.05, 0) is 58.3 Å². The third-order valence-electron chi connectivity index (χ3n) is 6.66. The van der Waals surface area contributed by atoms with Crippen LogP contribution in [0.5, 0.6) is 0 Å². The van der Waals surface area contributed by atoms with Crippen LogP contribution in [0.15, 0.2) is 36.5 Å². The van der Waals surface area contributed by atoms with E-state index in [1.807, 2.05) is 6.20 Å². The molecule has 1 aromatic carbocycles. The Morgan fingerprint density at radius 2 is 1.86 bits per heavy atom. The third-order valence-corrected chi connectivity index (χ3v) is 6.66. The number of fused-ring (bicyclic) bond motifs is 1. The molecule has 0 spiro atoms. The van der Waals surface area contributed by atoms with Gasteiger partial charge in [0.2, 0.25) is 0 Å². The van der Waals surface area contributed by atoms with Crippen LogP contribution in [0.3, 0.4) is 0 Å². The molecule has 2 aromatic rings. The molecule has 1 aromatic heterocycles. The maximum atomic E-state index is 9.71. The van der Waals surface area contributed by atoms with Crippen molar-refractivity contribution in [2.45, 2.75) is 51.2 Å². The maximum absolute atomic E-state index is 9.71. The van der Waals surface area contributed by atoms with Gasteiger partial charge in [-0.1, -0.05) is 18.2 Å². The number of pyridine rings is 1. The van der Waals surface area contributed by atoms with Crippen molar-refractivity contribution in [3.05, 3.63) is 36.5 Å². The molecule has 28 heavy (non-hydrogen) atoms. The molecule has 5 nitrogen and oxygen atoms in total. The molecular weight excluding hydrogens is 348 g/mol. The van der Waals surface area contributed by atoms with Gasteiger partial charge in [-0.25, -0.2) is 0 Å². The topological polar surface area (TPSA) is 42.8 Å². The van der Waals surface area contributed by atoms with Gasteiger partial charge in [0.25, 0.3) is 0 Å². The minimum Gasteiger partial charge on any atom is -0.396 e. The van der Waals surface area contributed by atoms with E-state index < -0.39 is 0 Å². The molecule has 2 saturated heterocycles. The second-order valence-corrected chi connectivity index (χ2v) is 8.56. The molecule has 0 aliphatic carbocycles. The number of likely N-dealkylation sites (tertiary alicyclic amines) is 1. The fourth-order valence-corrected chi connectivity index (χ4v) is 5.07. The number of aromatic nitrogens is 1. The molecule has 0 saturated carbocycles. The molecule has 5 heteroatoms. The standard InChI is InChI=1S/C23H34N4O/c1-18(2)25-12-8-19(9-13-25)27-15-14-26(17-20(27)10-16-28)23-7-11-24-22-6-4-3-5-21(22)23/h3-7,11,18-20,28H,8-10,12-17H2,1-2H3/t20-/m0/s1. The number of aliphatic hydroxyl groups is 1. The van der Waals surface area contributed by atoms with Gasteiger partial charge in [-0.2, -0.15) is 0 Å². The van der Waals surface area contributed by atoms with E-state index in [9.17, 15) is 5.11 Å². The second kappa shape index (κ2) is 8.76. The van der Waals surface area contributed by atoms with Gasteiger partial charge in [-0.3, -0.25) is 9.88 Å². The summed E-state index contributed by atoms with van der Waals surface area (Å²) in [5.41, 5.74) is 2.34. The van der Waals surface area contributed by atoms with Crippen molar-refractivity contribution in [1.82, 2.24) is 14.8 Å². The molecule has 3 heterocycles. The lowest BCUT2D eigenvalue weighted by Crippen LogP contribution is -2.59. The Balaban J connectivity index is 1.49. The third kappa shape index (κ3) is 4.02. The zero-order chi connectivity index (χ0) is 19.5. The minimum absolute atomic E-state index is 0.261. The van der Waals surface area contributed by atoms with Crippen LogP contribution < -0.4 is 4.90 Å². The maximum Gasteiger partial charge on any atom is 0.0722 e. The number of piperazine rings is 1. The lowest BCUT2D eigenvalue weighted by Gasteiger charge is -2.48. The highest BCUT2D eigenvalue weighted by Gasteiger charge is 2.34. The highest BCUT2D eigenvalue weighted by Crippen LogP contribution is 2.30. The summed E-state index contributed by atoms with van der Waals surface area (Å²) in [7, 11) is 0. The summed E-state index contributed by atoms with van der Waals surface area (Å²) < 4.78 is 0. The van der Waals surface area contributed by atoms with E-state index >= 15 is 0 Å². The van der Waals surface area contributed by atoms with Crippen molar-refractivity contribution >= 4 is 16.6 Å². The summed E-state index contributed by atoms with van der Waals surface area (Å²) in [6.07, 6.45) is 5.27. The summed E-state index contributed by atoms with van der Waals surface area (Å²) in [5, 5.41) is 10.9. The Kier molecular flexibility index (Phi) is 6.14. The number of benzene rings is 1. The van der Waals surface area contributed by atoms with E-state index in [0.717, 1.165) is 31.6 Å². The Labute approximate surface area is 169 Å². The molecule has 2 fully saturated rings. The van der Waals surface area contributed by atoms with Crippen LogP contribution in [0, 0.1) is 0 Å². The number of rotatable bonds is 5. The Bertz CT molecular complexity index is 767. The van der Waals surface area contributed by atoms with Crippen LogP contribution in [-0.4, -0.2) is 77.3 Å². The van der Waals surface area contributed by atoms with Crippen molar-refractivity contribution < 1.29 is 5.11 Å². The fourth-order valence-electron chi connectivity index (χ4n) is 5.07. The highest BCUT2D eigenvalue weighted by atomic mass is 16.3. The van der Waals surface area contributed by atoms with Crippen LogP contribution in [0.4, 0.5) is 5.69 Å². The van der Waals surface area contributed by atoms with Crippen LogP contribution in [0.2, 0.25) is 0 Å². The van der Waals surface area contributed by atoms with Crippen LogP contribution in [-0.2, 0) is 0 Å². The molecule has 0 radical (unpaired) electrons. The average molecular weight is 383 g/mol. The molecule has 1 N–H and O–H groups in total. The lowest BCUT2D eigenvalue weighted by atomic mass is 9.97. The van der Waals surface area contributed by atoms with Gasteiger partial charge in [0.1, 0.15) is 0 Å². The number of piperidine rings is 1. The number of nitrogens with zero attached hydrogens (tertiary/aromatic N) is 4. The number of para-hydroxylation sites is 1.